The Kier molecular flexibility index (Phi) is 7.07. The first kappa shape index (κ1) is 20.1. The van der Waals surface area contributed by atoms with Crippen molar-refractivity contribution in [2.75, 3.05) is 25.6 Å². The molecular formula is C21H30N2O3S. The number of anilines is 1. The molecule has 1 aliphatic rings. The van der Waals surface area contributed by atoms with E-state index in [9.17, 15) is 4.79 Å². The lowest BCUT2D eigenvalue weighted by Gasteiger charge is -2.23. The lowest BCUT2D eigenvalue weighted by molar-refractivity contribution is -0.120. The van der Waals surface area contributed by atoms with Gasteiger partial charge in [0.05, 0.1) is 11.8 Å². The third-order valence-corrected chi connectivity index (χ3v) is 6.44. The van der Waals surface area contributed by atoms with Crippen LogP contribution in [0.15, 0.2) is 12.1 Å². The normalized spacial score (nSPS) is 16.4. The van der Waals surface area contributed by atoms with Gasteiger partial charge in [-0.05, 0) is 43.2 Å². The van der Waals surface area contributed by atoms with Crippen LogP contribution in [0, 0.1) is 5.92 Å². The largest absolute Gasteiger partial charge is 0.494 e. The van der Waals surface area contributed by atoms with Crippen molar-refractivity contribution in [2.24, 2.45) is 5.92 Å². The molecule has 1 atom stereocenters. The van der Waals surface area contributed by atoms with Gasteiger partial charge in [0.1, 0.15) is 11.3 Å². The Morgan fingerprint density at radius 2 is 2.15 bits per heavy atom. The zero-order valence-electron chi connectivity index (χ0n) is 16.5. The summed E-state index contributed by atoms with van der Waals surface area (Å²) in [4.78, 5) is 17.4. The van der Waals surface area contributed by atoms with Gasteiger partial charge in [-0.25, -0.2) is 4.98 Å². The Hall–Kier alpha value is -1.66. The topological polar surface area (TPSA) is 60.5 Å². The number of nitrogens with one attached hydrogen (secondary N) is 1. The molecule has 2 aromatic rings. The molecule has 148 valence electrons. The van der Waals surface area contributed by atoms with Crippen LogP contribution >= 0.6 is 11.3 Å². The number of carbonyl (C=O) groups excluding carboxylic acids is 1. The third kappa shape index (κ3) is 4.61. The monoisotopic (exact) mass is 390 g/mol. The van der Waals surface area contributed by atoms with Gasteiger partial charge in [0.25, 0.3) is 0 Å². The highest BCUT2D eigenvalue weighted by atomic mass is 32.1. The molecule has 1 unspecified atom stereocenters. The van der Waals surface area contributed by atoms with Gasteiger partial charge in [0.2, 0.25) is 5.91 Å². The highest BCUT2D eigenvalue weighted by Crippen LogP contribution is 2.40. The Labute approximate surface area is 165 Å². The van der Waals surface area contributed by atoms with Crippen LogP contribution in [-0.2, 0) is 9.53 Å². The lowest BCUT2D eigenvalue weighted by atomic mass is 9.91. The summed E-state index contributed by atoms with van der Waals surface area (Å²) in [6.45, 7) is 5.83. The quantitative estimate of drug-likeness (QED) is 0.660. The smallest absolute Gasteiger partial charge is 0.229 e. The van der Waals surface area contributed by atoms with Crippen molar-refractivity contribution in [1.29, 1.82) is 0 Å². The number of thiazole rings is 1. The van der Waals surface area contributed by atoms with Gasteiger partial charge in [-0.3, -0.25) is 4.79 Å². The Balaban J connectivity index is 1.87. The molecule has 0 spiro atoms. The van der Waals surface area contributed by atoms with Gasteiger partial charge in [0.15, 0.2) is 5.13 Å². The van der Waals surface area contributed by atoms with Crippen LogP contribution in [0.4, 0.5) is 5.13 Å². The highest BCUT2D eigenvalue weighted by molar-refractivity contribution is 7.22. The highest BCUT2D eigenvalue weighted by Gasteiger charge is 2.23. The number of amides is 1. The van der Waals surface area contributed by atoms with E-state index < -0.39 is 0 Å². The summed E-state index contributed by atoms with van der Waals surface area (Å²) in [5.41, 5.74) is 2.15. The van der Waals surface area contributed by atoms with Crippen LogP contribution in [0.1, 0.15) is 63.9 Å². The second kappa shape index (κ2) is 9.51. The maximum Gasteiger partial charge on any atom is 0.229 e. The standard InChI is InChI=1S/C21H30N2O3S/c1-4-6-7-14(5-2)20(24)23-21-22-18-17(25-3)9-8-16(19(18)27-21)15-10-12-26-13-11-15/h8-9,14-15H,4-7,10-13H2,1-3H3,(H,22,23,24). The van der Waals surface area contributed by atoms with Crippen LogP contribution < -0.4 is 10.1 Å². The van der Waals surface area contributed by atoms with Crippen LogP contribution in [0.25, 0.3) is 10.2 Å². The first-order chi connectivity index (χ1) is 13.2. The minimum absolute atomic E-state index is 0.0498. The van der Waals surface area contributed by atoms with E-state index in [0.29, 0.717) is 11.0 Å². The van der Waals surface area contributed by atoms with Crippen molar-refractivity contribution >= 4 is 32.6 Å². The van der Waals surface area contributed by atoms with E-state index in [0.717, 1.165) is 67.7 Å². The summed E-state index contributed by atoms with van der Waals surface area (Å²) in [7, 11) is 1.67. The summed E-state index contributed by atoms with van der Waals surface area (Å²) in [6, 6.07) is 4.14. The fourth-order valence-electron chi connectivity index (χ4n) is 3.73. The average molecular weight is 391 g/mol. The molecule has 1 N–H and O–H groups in total. The molecule has 1 aromatic heterocycles. The average Bonchev–Trinajstić information content (AvgIpc) is 3.12. The van der Waals surface area contributed by atoms with E-state index >= 15 is 0 Å². The van der Waals surface area contributed by atoms with Gasteiger partial charge < -0.3 is 14.8 Å². The first-order valence-electron chi connectivity index (χ1n) is 10.0. The van der Waals surface area contributed by atoms with E-state index in [-0.39, 0.29) is 11.8 Å². The second-order valence-corrected chi connectivity index (χ2v) is 8.18. The van der Waals surface area contributed by atoms with Gasteiger partial charge in [-0.2, -0.15) is 0 Å². The van der Waals surface area contributed by atoms with Crippen molar-refractivity contribution in [3.05, 3.63) is 17.7 Å². The maximum absolute atomic E-state index is 12.7. The van der Waals surface area contributed by atoms with E-state index in [4.69, 9.17) is 14.5 Å². The molecule has 27 heavy (non-hydrogen) atoms. The second-order valence-electron chi connectivity index (χ2n) is 7.18. The van der Waals surface area contributed by atoms with Crippen molar-refractivity contribution in [1.82, 2.24) is 4.98 Å². The number of rotatable bonds is 8. The zero-order valence-corrected chi connectivity index (χ0v) is 17.4. The minimum Gasteiger partial charge on any atom is -0.494 e. The Morgan fingerprint density at radius 3 is 2.81 bits per heavy atom. The number of ether oxygens (including phenoxy) is 2. The van der Waals surface area contributed by atoms with E-state index in [1.807, 2.05) is 6.07 Å². The minimum atomic E-state index is 0.0498. The first-order valence-corrected chi connectivity index (χ1v) is 10.9. The number of hydrogen-bond acceptors (Lipinski definition) is 5. The predicted octanol–water partition coefficient (Wildman–Crippen LogP) is 5.35. The number of hydrogen-bond donors (Lipinski definition) is 1. The molecular weight excluding hydrogens is 360 g/mol. The van der Waals surface area contributed by atoms with Crippen molar-refractivity contribution < 1.29 is 14.3 Å². The lowest BCUT2D eigenvalue weighted by Crippen LogP contribution is -2.22. The van der Waals surface area contributed by atoms with E-state index in [2.05, 4.69) is 25.2 Å². The fraction of sp³-hybridized carbons (Fsp3) is 0.619. The van der Waals surface area contributed by atoms with Crippen LogP contribution in [0.3, 0.4) is 0 Å². The Morgan fingerprint density at radius 1 is 1.37 bits per heavy atom. The number of methoxy groups -OCH3 is 1. The molecule has 0 radical (unpaired) electrons. The number of unbranched alkanes of at least 4 members (excludes halogenated alkanes) is 1. The molecule has 1 aliphatic heterocycles. The van der Waals surface area contributed by atoms with Gasteiger partial charge >= 0.3 is 0 Å². The van der Waals surface area contributed by atoms with E-state index in [1.165, 1.54) is 5.56 Å². The molecule has 0 saturated carbocycles. The van der Waals surface area contributed by atoms with Gasteiger partial charge in [-0.15, -0.1) is 0 Å². The fourth-order valence-corrected chi connectivity index (χ4v) is 4.81. The molecule has 5 nitrogen and oxygen atoms in total. The molecule has 1 saturated heterocycles. The third-order valence-electron chi connectivity index (χ3n) is 5.42. The number of nitrogens with zero attached hydrogens (tertiary/aromatic N) is 1. The number of carbonyl (C=O) groups is 1. The molecule has 1 aromatic carbocycles. The summed E-state index contributed by atoms with van der Waals surface area (Å²) >= 11 is 1.56. The summed E-state index contributed by atoms with van der Waals surface area (Å²) in [6.07, 6.45) is 6.02. The molecule has 2 heterocycles. The number of fused-ring (bicyclic) bond motifs is 1. The molecule has 0 aliphatic carbocycles. The molecule has 1 fully saturated rings. The van der Waals surface area contributed by atoms with Crippen molar-refractivity contribution in [3.8, 4) is 5.75 Å². The van der Waals surface area contributed by atoms with Crippen LogP contribution in [0.5, 0.6) is 5.75 Å². The van der Waals surface area contributed by atoms with E-state index in [1.54, 1.807) is 18.4 Å². The maximum atomic E-state index is 12.7. The predicted molar refractivity (Wildman–Crippen MR) is 111 cm³/mol. The Bertz CT molecular complexity index is 768. The number of benzene rings is 1. The van der Waals surface area contributed by atoms with Crippen LogP contribution in [-0.4, -0.2) is 31.2 Å². The summed E-state index contributed by atoms with van der Waals surface area (Å²) in [5.74, 6) is 1.37. The van der Waals surface area contributed by atoms with Gasteiger partial charge in [-0.1, -0.05) is 44.1 Å². The SMILES string of the molecule is CCCCC(CC)C(=O)Nc1nc2c(OC)ccc(C3CCOCC3)c2s1. The number of aromatic nitrogens is 1. The van der Waals surface area contributed by atoms with Crippen LogP contribution in [0.2, 0.25) is 0 Å². The molecule has 3 rings (SSSR count). The van der Waals surface area contributed by atoms with Gasteiger partial charge in [0, 0.05) is 19.1 Å². The van der Waals surface area contributed by atoms with Crippen molar-refractivity contribution in [3.63, 3.8) is 0 Å². The zero-order chi connectivity index (χ0) is 19.2. The summed E-state index contributed by atoms with van der Waals surface area (Å²) < 4.78 is 12.2. The molecule has 1 amide bonds. The molecule has 6 heteroatoms. The van der Waals surface area contributed by atoms with Crippen molar-refractivity contribution in [2.45, 2.75) is 58.3 Å². The molecule has 0 bridgehead atoms. The summed E-state index contributed by atoms with van der Waals surface area (Å²) in [5, 5.41) is 3.73.